The van der Waals surface area contributed by atoms with Gasteiger partial charge in [0, 0.05) is 19.6 Å². The third-order valence-electron chi connectivity index (χ3n) is 3.98. The van der Waals surface area contributed by atoms with Gasteiger partial charge in [-0.25, -0.2) is 4.79 Å². The molecule has 2 heterocycles. The lowest BCUT2D eigenvalue weighted by Crippen LogP contribution is -2.59. The van der Waals surface area contributed by atoms with Crippen LogP contribution in [0.3, 0.4) is 0 Å². The maximum absolute atomic E-state index is 11.9. The van der Waals surface area contributed by atoms with Gasteiger partial charge in [-0.15, -0.1) is 6.58 Å². The number of piperidine rings is 1. The van der Waals surface area contributed by atoms with Gasteiger partial charge in [-0.3, -0.25) is 0 Å². The van der Waals surface area contributed by atoms with Crippen LogP contribution in [0.2, 0.25) is 0 Å². The van der Waals surface area contributed by atoms with E-state index in [-0.39, 0.29) is 11.6 Å². The van der Waals surface area contributed by atoms with Crippen molar-refractivity contribution in [2.24, 2.45) is 10.7 Å². The second kappa shape index (κ2) is 5.10. The lowest BCUT2D eigenvalue weighted by atomic mass is 9.85. The smallest absolute Gasteiger partial charge is 0.346 e. The van der Waals surface area contributed by atoms with Gasteiger partial charge >= 0.3 is 6.03 Å². The first kappa shape index (κ1) is 13.1. The molecule has 5 nitrogen and oxygen atoms in total. The number of carbonyl (C=O) groups excluding carboxylic acids is 1. The van der Waals surface area contributed by atoms with Crippen LogP contribution >= 0.6 is 0 Å². The fourth-order valence-corrected chi connectivity index (χ4v) is 2.96. The minimum atomic E-state index is -0.352. The first-order valence-electron chi connectivity index (χ1n) is 6.63. The van der Waals surface area contributed by atoms with E-state index in [1.54, 1.807) is 11.0 Å². The molecule has 0 unspecified atom stereocenters. The summed E-state index contributed by atoms with van der Waals surface area (Å²) in [6.07, 6.45) is 4.65. The molecule has 0 saturated carbocycles. The Morgan fingerprint density at radius 1 is 1.50 bits per heavy atom. The third kappa shape index (κ3) is 2.03. The number of nitrogens with zero attached hydrogens (tertiary/aromatic N) is 3. The number of likely N-dealkylation sites (tertiary alicyclic amines) is 1. The van der Waals surface area contributed by atoms with E-state index in [0.29, 0.717) is 12.4 Å². The Bertz CT molecular complexity index is 369. The molecule has 2 aliphatic heterocycles. The van der Waals surface area contributed by atoms with Gasteiger partial charge in [0.25, 0.3) is 0 Å². The number of rotatable bonds is 4. The van der Waals surface area contributed by atoms with Crippen LogP contribution in [-0.2, 0) is 0 Å². The maximum atomic E-state index is 11.9. The van der Waals surface area contributed by atoms with Crippen molar-refractivity contribution in [2.75, 3.05) is 26.2 Å². The monoisotopic (exact) mass is 250 g/mol. The topological polar surface area (TPSA) is 61.9 Å². The molecule has 100 valence electrons. The molecule has 0 atom stereocenters. The normalized spacial score (nSPS) is 23.5. The van der Waals surface area contributed by atoms with E-state index in [1.807, 2.05) is 0 Å². The number of hydrogen-bond acceptors (Lipinski definition) is 3. The number of hydrogen-bond donors (Lipinski definition) is 1. The predicted molar refractivity (Wildman–Crippen MR) is 72.6 cm³/mol. The zero-order valence-corrected chi connectivity index (χ0v) is 11.1. The van der Waals surface area contributed by atoms with Crippen LogP contribution in [0.1, 0.15) is 26.2 Å². The summed E-state index contributed by atoms with van der Waals surface area (Å²) in [7, 11) is 0. The average molecular weight is 250 g/mol. The lowest BCUT2D eigenvalue weighted by Gasteiger charge is -2.44. The maximum Gasteiger partial charge on any atom is 0.346 e. The standard InChI is InChI=1S/C13H22N4O/c1-3-7-16-9-5-13(6-10-16)11(14)15-12(18)17(13)8-4-2/h4H,2-3,5-10H2,1H3,(H2,14,15,18). The van der Waals surface area contributed by atoms with Gasteiger partial charge in [-0.1, -0.05) is 13.0 Å². The minimum Gasteiger partial charge on any atom is -0.385 e. The van der Waals surface area contributed by atoms with Gasteiger partial charge in [0.05, 0.1) is 0 Å². The van der Waals surface area contributed by atoms with E-state index in [9.17, 15) is 4.79 Å². The van der Waals surface area contributed by atoms with E-state index in [1.165, 1.54) is 0 Å². The Morgan fingerprint density at radius 3 is 2.72 bits per heavy atom. The summed E-state index contributed by atoms with van der Waals surface area (Å²) < 4.78 is 0. The Balaban J connectivity index is 2.12. The van der Waals surface area contributed by atoms with Gasteiger partial charge in [0.1, 0.15) is 11.4 Å². The van der Waals surface area contributed by atoms with Crippen molar-refractivity contribution >= 4 is 11.9 Å². The summed E-state index contributed by atoms with van der Waals surface area (Å²) in [5.41, 5.74) is 5.66. The summed E-state index contributed by atoms with van der Waals surface area (Å²) in [6.45, 7) is 9.49. The molecule has 18 heavy (non-hydrogen) atoms. The number of carbonyl (C=O) groups is 1. The fourth-order valence-electron chi connectivity index (χ4n) is 2.96. The number of amidine groups is 1. The molecule has 5 heteroatoms. The van der Waals surface area contributed by atoms with Crippen molar-refractivity contribution < 1.29 is 4.79 Å². The second-order valence-electron chi connectivity index (χ2n) is 5.05. The summed E-state index contributed by atoms with van der Waals surface area (Å²) in [5.74, 6) is 0.491. The van der Waals surface area contributed by atoms with E-state index in [0.717, 1.165) is 38.9 Å². The molecule has 1 saturated heterocycles. The molecule has 0 aromatic heterocycles. The zero-order valence-electron chi connectivity index (χ0n) is 11.1. The molecule has 1 fully saturated rings. The molecular formula is C13H22N4O. The highest BCUT2D eigenvalue weighted by atomic mass is 16.2. The number of amides is 2. The zero-order chi connectivity index (χ0) is 13.2. The lowest BCUT2D eigenvalue weighted by molar-refractivity contribution is 0.108. The summed E-state index contributed by atoms with van der Waals surface area (Å²) in [6, 6.07) is -0.212. The summed E-state index contributed by atoms with van der Waals surface area (Å²) in [5, 5.41) is 0. The van der Waals surface area contributed by atoms with Crippen molar-refractivity contribution in [3.63, 3.8) is 0 Å². The highest BCUT2D eigenvalue weighted by Gasteiger charge is 2.49. The molecule has 0 bridgehead atoms. The Morgan fingerprint density at radius 2 is 2.17 bits per heavy atom. The first-order chi connectivity index (χ1) is 8.64. The van der Waals surface area contributed by atoms with Gasteiger partial charge in [-0.2, -0.15) is 4.99 Å². The SMILES string of the molecule is C=CCN1C(=O)N=C(N)C12CCN(CCC)CC2. The van der Waals surface area contributed by atoms with E-state index in [4.69, 9.17) is 5.73 Å². The molecule has 2 aliphatic rings. The van der Waals surface area contributed by atoms with Crippen LogP contribution in [-0.4, -0.2) is 53.4 Å². The van der Waals surface area contributed by atoms with E-state index < -0.39 is 0 Å². The van der Waals surface area contributed by atoms with Crippen LogP contribution in [0, 0.1) is 0 Å². The van der Waals surface area contributed by atoms with Crippen molar-refractivity contribution in [3.8, 4) is 0 Å². The molecule has 0 aliphatic carbocycles. The van der Waals surface area contributed by atoms with E-state index in [2.05, 4.69) is 23.4 Å². The van der Waals surface area contributed by atoms with Gasteiger partial charge in [-0.05, 0) is 25.8 Å². The summed E-state index contributed by atoms with van der Waals surface area (Å²) >= 11 is 0. The second-order valence-corrected chi connectivity index (χ2v) is 5.05. The van der Waals surface area contributed by atoms with Crippen LogP contribution < -0.4 is 5.73 Å². The molecule has 2 N–H and O–H groups in total. The molecular weight excluding hydrogens is 228 g/mol. The van der Waals surface area contributed by atoms with Gasteiger partial charge in [0.15, 0.2) is 0 Å². The minimum absolute atomic E-state index is 0.212. The Hall–Kier alpha value is -1.36. The predicted octanol–water partition coefficient (Wildman–Crippen LogP) is 1.21. The van der Waals surface area contributed by atoms with Crippen LogP contribution in [0.4, 0.5) is 4.79 Å². The van der Waals surface area contributed by atoms with Crippen LogP contribution in [0.15, 0.2) is 17.6 Å². The van der Waals surface area contributed by atoms with Gasteiger partial charge in [0.2, 0.25) is 0 Å². The molecule has 2 amide bonds. The Labute approximate surface area is 108 Å². The van der Waals surface area contributed by atoms with Crippen molar-refractivity contribution in [1.82, 2.24) is 9.80 Å². The molecule has 1 spiro atoms. The quantitative estimate of drug-likeness (QED) is 0.763. The van der Waals surface area contributed by atoms with Crippen molar-refractivity contribution in [1.29, 1.82) is 0 Å². The highest BCUT2D eigenvalue weighted by molar-refractivity contribution is 6.06. The molecule has 0 radical (unpaired) electrons. The molecule has 0 aromatic rings. The summed E-state index contributed by atoms with van der Waals surface area (Å²) in [4.78, 5) is 20.0. The van der Waals surface area contributed by atoms with Crippen LogP contribution in [0.5, 0.6) is 0 Å². The number of nitrogens with two attached hydrogens (primary N) is 1. The average Bonchev–Trinajstić information content (AvgIpc) is 2.58. The van der Waals surface area contributed by atoms with E-state index >= 15 is 0 Å². The first-order valence-corrected chi connectivity index (χ1v) is 6.63. The third-order valence-corrected chi connectivity index (χ3v) is 3.98. The molecule has 0 aromatic carbocycles. The van der Waals surface area contributed by atoms with Crippen molar-refractivity contribution in [2.45, 2.75) is 31.7 Å². The number of urea groups is 1. The Kier molecular flexibility index (Phi) is 3.71. The van der Waals surface area contributed by atoms with Crippen molar-refractivity contribution in [3.05, 3.63) is 12.7 Å². The molecule has 2 rings (SSSR count). The fraction of sp³-hybridized carbons (Fsp3) is 0.692. The van der Waals surface area contributed by atoms with Crippen LogP contribution in [0.25, 0.3) is 0 Å². The highest BCUT2D eigenvalue weighted by Crippen LogP contribution is 2.33. The largest absolute Gasteiger partial charge is 0.385 e. The number of aliphatic imine (C=N–C) groups is 1. The van der Waals surface area contributed by atoms with Gasteiger partial charge < -0.3 is 15.5 Å².